The molecule has 1 N–H and O–H groups in total. The molecule has 1 amide bonds. The highest BCUT2D eigenvalue weighted by Crippen LogP contribution is 2.09. The maximum Gasteiger partial charge on any atom is 0.239 e. The van der Waals surface area contributed by atoms with Crippen LogP contribution >= 0.6 is 0 Å². The first-order valence-corrected chi connectivity index (χ1v) is 5.98. The highest BCUT2D eigenvalue weighted by atomic mass is 16.4. The van der Waals surface area contributed by atoms with Gasteiger partial charge in [0.25, 0.3) is 0 Å². The van der Waals surface area contributed by atoms with Gasteiger partial charge in [-0.1, -0.05) is 0 Å². The topological polar surface area (TPSA) is 71.3 Å². The molecule has 0 saturated carbocycles. The van der Waals surface area contributed by atoms with Crippen molar-refractivity contribution in [3.05, 3.63) is 11.8 Å². The van der Waals surface area contributed by atoms with Gasteiger partial charge in [-0.3, -0.25) is 10.1 Å². The Balaban J connectivity index is 1.80. The molecule has 0 aliphatic carbocycles. The summed E-state index contributed by atoms with van der Waals surface area (Å²) in [4.78, 5) is 13.9. The molecular weight excluding hydrogens is 220 g/mol. The van der Waals surface area contributed by atoms with Crippen molar-refractivity contribution in [1.82, 2.24) is 20.4 Å². The molecule has 1 aliphatic rings. The lowest BCUT2D eigenvalue weighted by Crippen LogP contribution is -2.43. The minimum atomic E-state index is -0.208. The number of hydrogen-bond acceptors (Lipinski definition) is 5. The van der Waals surface area contributed by atoms with Gasteiger partial charge < -0.3 is 9.32 Å². The number of rotatable bonds is 4. The van der Waals surface area contributed by atoms with Gasteiger partial charge in [0, 0.05) is 20.0 Å². The number of aryl methyl sites for hydroxylation is 1. The van der Waals surface area contributed by atoms with E-state index in [0.717, 1.165) is 25.9 Å². The molecule has 17 heavy (non-hydrogen) atoms. The summed E-state index contributed by atoms with van der Waals surface area (Å²) in [5.41, 5.74) is 0. The summed E-state index contributed by atoms with van der Waals surface area (Å²) >= 11 is 0. The van der Waals surface area contributed by atoms with Gasteiger partial charge in [-0.05, 0) is 19.8 Å². The third kappa shape index (κ3) is 3.03. The Morgan fingerprint density at radius 2 is 2.18 bits per heavy atom. The van der Waals surface area contributed by atoms with Gasteiger partial charge in [-0.2, -0.15) is 0 Å². The number of likely N-dealkylation sites (tertiary alicyclic amines) is 1. The molecule has 2 heterocycles. The van der Waals surface area contributed by atoms with Gasteiger partial charge in [-0.15, -0.1) is 10.2 Å². The highest BCUT2D eigenvalue weighted by molar-refractivity contribution is 5.81. The van der Waals surface area contributed by atoms with Gasteiger partial charge in [0.1, 0.15) is 0 Å². The van der Waals surface area contributed by atoms with Crippen molar-refractivity contribution in [3.63, 3.8) is 0 Å². The van der Waals surface area contributed by atoms with Crippen LogP contribution in [0.3, 0.4) is 0 Å². The maximum absolute atomic E-state index is 12.0. The monoisotopic (exact) mass is 238 g/mol. The number of nitrogens with one attached hydrogen (secondary N) is 1. The lowest BCUT2D eigenvalue weighted by atomic mass is 10.3. The molecule has 1 aromatic heterocycles. The summed E-state index contributed by atoms with van der Waals surface area (Å²) in [5, 5.41) is 10.7. The first-order valence-electron chi connectivity index (χ1n) is 5.98. The average molecular weight is 238 g/mol. The molecule has 1 saturated heterocycles. The molecule has 6 heteroatoms. The van der Waals surface area contributed by atoms with Gasteiger partial charge in [-0.25, -0.2) is 0 Å². The second-order valence-corrected chi connectivity index (χ2v) is 4.35. The van der Waals surface area contributed by atoms with E-state index in [4.69, 9.17) is 4.42 Å². The predicted molar refractivity (Wildman–Crippen MR) is 61.2 cm³/mol. The molecule has 0 aromatic carbocycles. The number of nitrogens with zero attached hydrogens (tertiary/aromatic N) is 3. The molecule has 1 unspecified atom stereocenters. The number of aromatic nitrogens is 2. The van der Waals surface area contributed by atoms with E-state index in [0.29, 0.717) is 18.3 Å². The van der Waals surface area contributed by atoms with Crippen LogP contribution in [0.15, 0.2) is 4.42 Å². The fourth-order valence-corrected chi connectivity index (χ4v) is 1.95. The molecule has 0 radical (unpaired) electrons. The summed E-state index contributed by atoms with van der Waals surface area (Å²) in [5.74, 6) is 1.21. The molecular formula is C11H18N4O2. The Morgan fingerprint density at radius 1 is 1.47 bits per heavy atom. The van der Waals surface area contributed by atoms with E-state index < -0.39 is 0 Å². The third-order valence-electron chi connectivity index (χ3n) is 2.92. The van der Waals surface area contributed by atoms with E-state index in [-0.39, 0.29) is 11.9 Å². The highest BCUT2D eigenvalue weighted by Gasteiger charge is 2.23. The minimum Gasteiger partial charge on any atom is -0.424 e. The van der Waals surface area contributed by atoms with E-state index in [1.54, 1.807) is 6.92 Å². The molecule has 0 bridgehead atoms. The molecule has 94 valence electrons. The second-order valence-electron chi connectivity index (χ2n) is 4.35. The summed E-state index contributed by atoms with van der Waals surface area (Å²) in [6, 6.07) is -0.208. The number of amides is 1. The van der Waals surface area contributed by atoms with E-state index in [2.05, 4.69) is 15.5 Å². The third-order valence-corrected chi connectivity index (χ3v) is 2.92. The lowest BCUT2D eigenvalue weighted by Gasteiger charge is -2.20. The van der Waals surface area contributed by atoms with Gasteiger partial charge >= 0.3 is 0 Å². The Hall–Kier alpha value is -1.43. The van der Waals surface area contributed by atoms with Crippen LogP contribution in [0, 0.1) is 6.92 Å². The van der Waals surface area contributed by atoms with Crippen molar-refractivity contribution in [2.24, 2.45) is 0 Å². The average Bonchev–Trinajstić information content (AvgIpc) is 2.95. The van der Waals surface area contributed by atoms with Crippen LogP contribution in [0.4, 0.5) is 0 Å². The molecule has 6 nitrogen and oxygen atoms in total. The van der Waals surface area contributed by atoms with Gasteiger partial charge in [0.2, 0.25) is 17.7 Å². The smallest absolute Gasteiger partial charge is 0.239 e. The Bertz CT molecular complexity index is 385. The van der Waals surface area contributed by atoms with Crippen LogP contribution in [0.5, 0.6) is 0 Å². The van der Waals surface area contributed by atoms with Crippen LogP contribution in [-0.4, -0.2) is 40.1 Å². The summed E-state index contributed by atoms with van der Waals surface area (Å²) < 4.78 is 5.23. The van der Waals surface area contributed by atoms with Crippen LogP contribution in [0.25, 0.3) is 0 Å². The van der Waals surface area contributed by atoms with Crippen molar-refractivity contribution >= 4 is 5.91 Å². The molecule has 0 spiro atoms. The minimum absolute atomic E-state index is 0.152. The van der Waals surface area contributed by atoms with Crippen molar-refractivity contribution < 1.29 is 9.21 Å². The maximum atomic E-state index is 12.0. The van der Waals surface area contributed by atoms with Crippen molar-refractivity contribution in [2.45, 2.75) is 39.3 Å². The fourth-order valence-electron chi connectivity index (χ4n) is 1.95. The van der Waals surface area contributed by atoms with Crippen molar-refractivity contribution in [1.29, 1.82) is 0 Å². The normalized spacial score (nSPS) is 17.4. The predicted octanol–water partition coefficient (Wildman–Crippen LogP) is 0.479. The standard InChI is InChI=1S/C11H18N4O2/c1-8(11(16)15-5-3-4-6-15)12-7-10-14-13-9(2)17-10/h8,12H,3-7H2,1-2H3. The quantitative estimate of drug-likeness (QED) is 0.826. The molecule has 1 aliphatic heterocycles. The summed E-state index contributed by atoms with van der Waals surface area (Å²) in [7, 11) is 0. The Labute approximate surface area is 100 Å². The first kappa shape index (κ1) is 12.0. The molecule has 1 fully saturated rings. The van der Waals surface area contributed by atoms with E-state index in [9.17, 15) is 4.79 Å². The van der Waals surface area contributed by atoms with Crippen LogP contribution in [0.2, 0.25) is 0 Å². The first-order chi connectivity index (χ1) is 8.16. The molecule has 2 rings (SSSR count). The van der Waals surface area contributed by atoms with Crippen LogP contribution in [0.1, 0.15) is 31.5 Å². The van der Waals surface area contributed by atoms with Crippen molar-refractivity contribution in [2.75, 3.05) is 13.1 Å². The van der Waals surface area contributed by atoms with E-state index >= 15 is 0 Å². The zero-order chi connectivity index (χ0) is 12.3. The van der Waals surface area contributed by atoms with Crippen LogP contribution < -0.4 is 5.32 Å². The summed E-state index contributed by atoms with van der Waals surface area (Å²) in [6.07, 6.45) is 2.22. The number of carbonyl (C=O) groups is 1. The Morgan fingerprint density at radius 3 is 2.76 bits per heavy atom. The van der Waals surface area contributed by atoms with E-state index in [1.165, 1.54) is 0 Å². The second kappa shape index (κ2) is 5.27. The molecule has 1 aromatic rings. The Kier molecular flexibility index (Phi) is 3.73. The zero-order valence-corrected chi connectivity index (χ0v) is 10.3. The molecule has 1 atom stereocenters. The van der Waals surface area contributed by atoms with Gasteiger partial charge in [0.15, 0.2) is 0 Å². The van der Waals surface area contributed by atoms with Gasteiger partial charge in [0.05, 0.1) is 12.6 Å². The number of hydrogen-bond donors (Lipinski definition) is 1. The number of carbonyl (C=O) groups excluding carboxylic acids is 1. The lowest BCUT2D eigenvalue weighted by molar-refractivity contribution is -0.132. The van der Waals surface area contributed by atoms with Crippen molar-refractivity contribution in [3.8, 4) is 0 Å². The van der Waals surface area contributed by atoms with Crippen LogP contribution in [-0.2, 0) is 11.3 Å². The fraction of sp³-hybridized carbons (Fsp3) is 0.727. The zero-order valence-electron chi connectivity index (χ0n) is 10.3. The SMILES string of the molecule is Cc1nnc(CNC(C)C(=O)N2CCCC2)o1. The van der Waals surface area contributed by atoms with E-state index in [1.807, 2.05) is 11.8 Å². The largest absolute Gasteiger partial charge is 0.424 e. The summed E-state index contributed by atoms with van der Waals surface area (Å²) in [6.45, 7) is 5.80.